The van der Waals surface area contributed by atoms with Crippen molar-refractivity contribution in [1.29, 1.82) is 0 Å². The highest BCUT2D eigenvalue weighted by Gasteiger charge is 2.13. The first-order valence-corrected chi connectivity index (χ1v) is 11.5. The second kappa shape index (κ2) is 8.92. The van der Waals surface area contributed by atoms with E-state index in [1.807, 2.05) is 0 Å². The number of hydrogen-bond acceptors (Lipinski definition) is 6. The van der Waals surface area contributed by atoms with Gasteiger partial charge in [-0.2, -0.15) is 0 Å². The van der Waals surface area contributed by atoms with Gasteiger partial charge in [0.15, 0.2) is 5.43 Å². The van der Waals surface area contributed by atoms with Crippen LogP contribution in [0.25, 0.3) is 20.2 Å². The van der Waals surface area contributed by atoms with Crippen LogP contribution < -0.4 is 27.5 Å². The Morgan fingerprint density at radius 1 is 0.600 bits per heavy atom. The fraction of sp³-hybridized carbons (Fsp3) is 0. The molecule has 0 spiro atoms. The standard InChI is InChI=1S/C27H20N4O3S/c28-17-3-7-19(8-4-17)30-26(33)15-1-11-21-23(13-15)35-24-14-16(2-12-22(24)25(21)32)27(34)31-20-9-5-18(29)6-10-20/h1-14H,28-29H2,(H,30,33)(H,31,34). The molecule has 1 heterocycles. The molecule has 0 saturated carbocycles. The average Bonchev–Trinajstić information content (AvgIpc) is 2.86. The molecule has 0 saturated heterocycles. The molecule has 35 heavy (non-hydrogen) atoms. The van der Waals surface area contributed by atoms with E-state index in [0.29, 0.717) is 54.0 Å². The summed E-state index contributed by atoms with van der Waals surface area (Å²) in [6.07, 6.45) is 0. The maximum atomic E-state index is 13.1. The Hall–Kier alpha value is -4.69. The zero-order chi connectivity index (χ0) is 24.5. The monoisotopic (exact) mass is 480 g/mol. The molecule has 0 aliphatic heterocycles. The number of fused-ring (bicyclic) bond motifs is 2. The van der Waals surface area contributed by atoms with Gasteiger partial charge in [-0.3, -0.25) is 14.4 Å². The van der Waals surface area contributed by atoms with Gasteiger partial charge in [-0.25, -0.2) is 0 Å². The average molecular weight is 481 g/mol. The molecule has 6 N–H and O–H groups in total. The van der Waals surface area contributed by atoms with E-state index >= 15 is 0 Å². The van der Waals surface area contributed by atoms with E-state index in [4.69, 9.17) is 11.5 Å². The third-order valence-corrected chi connectivity index (χ3v) is 6.65. The Balaban J connectivity index is 1.47. The maximum Gasteiger partial charge on any atom is 0.255 e. The fourth-order valence-electron chi connectivity index (χ4n) is 3.67. The van der Waals surface area contributed by atoms with Gasteiger partial charge in [0.2, 0.25) is 0 Å². The lowest BCUT2D eigenvalue weighted by Gasteiger charge is -2.08. The van der Waals surface area contributed by atoms with Crippen molar-refractivity contribution in [3.8, 4) is 0 Å². The van der Waals surface area contributed by atoms with Crippen LogP contribution in [0, 0.1) is 0 Å². The van der Waals surface area contributed by atoms with E-state index in [-0.39, 0.29) is 17.2 Å². The first-order valence-electron chi connectivity index (χ1n) is 10.7. The van der Waals surface area contributed by atoms with Gasteiger partial charge >= 0.3 is 0 Å². The van der Waals surface area contributed by atoms with Gasteiger partial charge < -0.3 is 22.1 Å². The minimum absolute atomic E-state index is 0.148. The molecule has 0 radical (unpaired) electrons. The summed E-state index contributed by atoms with van der Waals surface area (Å²) in [6, 6.07) is 23.6. The number of carbonyl (C=O) groups is 2. The van der Waals surface area contributed by atoms with Crippen LogP contribution in [0.15, 0.2) is 89.7 Å². The minimum Gasteiger partial charge on any atom is -0.399 e. The normalized spacial score (nSPS) is 10.9. The number of nitrogen functional groups attached to an aromatic ring is 2. The van der Waals surface area contributed by atoms with E-state index in [1.54, 1.807) is 84.9 Å². The minimum atomic E-state index is -0.298. The quantitative estimate of drug-likeness (QED) is 0.211. The van der Waals surface area contributed by atoms with Crippen molar-refractivity contribution in [2.75, 3.05) is 22.1 Å². The van der Waals surface area contributed by atoms with E-state index in [1.165, 1.54) is 11.3 Å². The maximum absolute atomic E-state index is 13.1. The summed E-state index contributed by atoms with van der Waals surface area (Å²) >= 11 is 1.35. The second-order valence-corrected chi connectivity index (χ2v) is 9.09. The molecule has 8 heteroatoms. The van der Waals surface area contributed by atoms with Crippen LogP contribution >= 0.6 is 11.3 Å². The van der Waals surface area contributed by atoms with E-state index < -0.39 is 0 Å². The van der Waals surface area contributed by atoms with Crippen molar-refractivity contribution in [2.45, 2.75) is 0 Å². The number of carbonyl (C=O) groups excluding carboxylic acids is 2. The number of nitrogens with two attached hydrogens (primary N) is 2. The Kier molecular flexibility index (Phi) is 5.64. The molecule has 0 aliphatic rings. The number of anilines is 4. The third kappa shape index (κ3) is 4.55. The van der Waals surface area contributed by atoms with E-state index in [2.05, 4.69) is 10.6 Å². The van der Waals surface area contributed by atoms with Gasteiger partial charge in [-0.05, 0) is 84.9 Å². The SMILES string of the molecule is Nc1ccc(NC(=O)c2ccc3c(=O)c4ccc(C(=O)Nc5ccc(N)cc5)cc4sc3c2)cc1. The molecule has 0 aliphatic carbocycles. The summed E-state index contributed by atoms with van der Waals surface area (Å²) in [7, 11) is 0. The number of benzene rings is 4. The Morgan fingerprint density at radius 2 is 1.00 bits per heavy atom. The van der Waals surface area contributed by atoms with Crippen LogP contribution in [-0.4, -0.2) is 11.8 Å². The van der Waals surface area contributed by atoms with Crippen LogP contribution in [-0.2, 0) is 0 Å². The molecule has 0 atom stereocenters. The third-order valence-electron chi connectivity index (χ3n) is 5.53. The number of nitrogens with one attached hydrogen (secondary N) is 2. The smallest absolute Gasteiger partial charge is 0.255 e. The molecular formula is C27H20N4O3S. The Morgan fingerprint density at radius 3 is 1.40 bits per heavy atom. The topological polar surface area (TPSA) is 127 Å². The molecule has 4 aromatic carbocycles. The Labute approximate surface area is 204 Å². The van der Waals surface area contributed by atoms with E-state index in [0.717, 1.165) is 0 Å². The zero-order valence-corrected chi connectivity index (χ0v) is 19.2. The van der Waals surface area contributed by atoms with Crippen LogP contribution in [0.3, 0.4) is 0 Å². The van der Waals surface area contributed by atoms with Crippen molar-refractivity contribution in [3.05, 3.63) is 106 Å². The summed E-state index contributed by atoms with van der Waals surface area (Å²) < 4.78 is 1.31. The molecule has 0 bridgehead atoms. The summed E-state index contributed by atoms with van der Waals surface area (Å²) in [4.78, 5) is 38.6. The van der Waals surface area contributed by atoms with Gasteiger partial charge in [0.25, 0.3) is 11.8 Å². The molecule has 0 unspecified atom stereocenters. The second-order valence-electron chi connectivity index (χ2n) is 8.01. The van der Waals surface area contributed by atoms with Gasteiger partial charge in [-0.1, -0.05) is 0 Å². The molecule has 7 nitrogen and oxygen atoms in total. The molecule has 0 fully saturated rings. The zero-order valence-electron chi connectivity index (χ0n) is 18.4. The molecular weight excluding hydrogens is 460 g/mol. The van der Waals surface area contributed by atoms with Crippen molar-refractivity contribution in [1.82, 2.24) is 0 Å². The molecule has 2 amide bonds. The first kappa shape index (κ1) is 22.1. The number of hydrogen-bond donors (Lipinski definition) is 4. The van der Waals surface area contributed by atoms with Gasteiger partial charge in [0.05, 0.1) is 0 Å². The summed E-state index contributed by atoms with van der Waals surface area (Å²) in [5, 5.41) is 6.69. The molecule has 5 aromatic rings. The number of amides is 2. The van der Waals surface area contributed by atoms with Crippen LogP contribution in [0.5, 0.6) is 0 Å². The lowest BCUT2D eigenvalue weighted by molar-refractivity contribution is 0.101. The first-order chi connectivity index (χ1) is 16.9. The van der Waals surface area contributed by atoms with Crippen LogP contribution in [0.1, 0.15) is 20.7 Å². The van der Waals surface area contributed by atoms with Crippen LogP contribution in [0.2, 0.25) is 0 Å². The molecule has 5 rings (SSSR count). The van der Waals surface area contributed by atoms with Crippen molar-refractivity contribution < 1.29 is 9.59 Å². The predicted molar refractivity (Wildman–Crippen MR) is 143 cm³/mol. The summed E-state index contributed by atoms with van der Waals surface area (Å²) in [5.74, 6) is -0.596. The largest absolute Gasteiger partial charge is 0.399 e. The lowest BCUT2D eigenvalue weighted by atomic mass is 10.1. The molecule has 1 aromatic heterocycles. The highest BCUT2D eigenvalue weighted by Crippen LogP contribution is 2.27. The van der Waals surface area contributed by atoms with Crippen molar-refractivity contribution in [2.24, 2.45) is 0 Å². The Bertz CT molecular complexity index is 1540. The van der Waals surface area contributed by atoms with Crippen molar-refractivity contribution in [3.63, 3.8) is 0 Å². The summed E-state index contributed by atoms with van der Waals surface area (Å²) in [6.45, 7) is 0. The highest BCUT2D eigenvalue weighted by atomic mass is 32.1. The number of rotatable bonds is 4. The van der Waals surface area contributed by atoms with Crippen LogP contribution in [0.4, 0.5) is 22.7 Å². The highest BCUT2D eigenvalue weighted by molar-refractivity contribution is 7.24. The van der Waals surface area contributed by atoms with Gasteiger partial charge in [0.1, 0.15) is 0 Å². The van der Waals surface area contributed by atoms with Gasteiger partial charge in [0, 0.05) is 54.0 Å². The lowest BCUT2D eigenvalue weighted by Crippen LogP contribution is -2.13. The fourth-order valence-corrected chi connectivity index (χ4v) is 4.82. The predicted octanol–water partition coefficient (Wildman–Crippen LogP) is 5.08. The summed E-state index contributed by atoms with van der Waals surface area (Å²) in [5.41, 5.74) is 14.5. The van der Waals surface area contributed by atoms with Gasteiger partial charge in [-0.15, -0.1) is 11.3 Å². The van der Waals surface area contributed by atoms with E-state index in [9.17, 15) is 14.4 Å². The van der Waals surface area contributed by atoms with Crippen molar-refractivity contribution >= 4 is 66.1 Å². The molecule has 172 valence electrons.